The van der Waals surface area contributed by atoms with Gasteiger partial charge in [0.2, 0.25) is 0 Å². The van der Waals surface area contributed by atoms with Gasteiger partial charge in [0.25, 0.3) is 10.0 Å². The van der Waals surface area contributed by atoms with E-state index in [9.17, 15) is 13.2 Å². The Morgan fingerprint density at radius 1 is 1.24 bits per heavy atom. The summed E-state index contributed by atoms with van der Waals surface area (Å²) in [5.41, 5.74) is 0. The zero-order chi connectivity index (χ0) is 15.9. The van der Waals surface area contributed by atoms with Crippen LogP contribution < -0.4 is 4.72 Å². The molecular formula is C13H19ClN2O4S. The third-order valence-corrected chi connectivity index (χ3v) is 4.46. The molecule has 0 bridgehead atoms. The lowest BCUT2D eigenvalue weighted by atomic mass is 10.4. The number of carbonyl (C=O) groups excluding carboxylic acids is 1. The molecule has 0 saturated heterocycles. The van der Waals surface area contributed by atoms with Crippen molar-refractivity contribution < 1.29 is 17.9 Å². The maximum atomic E-state index is 11.9. The fraction of sp³-hybridized carbons (Fsp3) is 0.462. The topological polar surface area (TPSA) is 75.7 Å². The van der Waals surface area contributed by atoms with Gasteiger partial charge in [-0.25, -0.2) is 17.9 Å². The van der Waals surface area contributed by atoms with Gasteiger partial charge < -0.3 is 9.64 Å². The summed E-state index contributed by atoms with van der Waals surface area (Å²) in [7, 11) is -3.93. The number of sulfonamides is 1. The van der Waals surface area contributed by atoms with Gasteiger partial charge in [-0.1, -0.05) is 25.4 Å². The zero-order valence-electron chi connectivity index (χ0n) is 12.0. The van der Waals surface area contributed by atoms with Gasteiger partial charge in [0.05, 0.1) is 4.90 Å². The predicted octanol–water partition coefficient (Wildman–Crippen LogP) is 2.10. The highest BCUT2D eigenvalue weighted by atomic mass is 35.5. The fourth-order valence-corrected chi connectivity index (χ4v) is 2.64. The fourth-order valence-electron chi connectivity index (χ4n) is 1.62. The van der Waals surface area contributed by atoms with E-state index in [1.165, 1.54) is 24.3 Å². The molecule has 0 aliphatic rings. The summed E-state index contributed by atoms with van der Waals surface area (Å²) in [6, 6.07) is 5.49. The van der Waals surface area contributed by atoms with E-state index >= 15 is 0 Å². The molecule has 21 heavy (non-hydrogen) atoms. The van der Waals surface area contributed by atoms with Gasteiger partial charge in [-0.2, -0.15) is 0 Å². The van der Waals surface area contributed by atoms with Crippen LogP contribution in [-0.4, -0.2) is 45.7 Å². The van der Waals surface area contributed by atoms with E-state index in [-0.39, 0.29) is 11.5 Å². The average molecular weight is 335 g/mol. The molecule has 0 unspecified atom stereocenters. The van der Waals surface area contributed by atoms with Gasteiger partial charge in [-0.15, -0.1) is 0 Å². The number of hydrogen-bond donors (Lipinski definition) is 1. The number of likely N-dealkylation sites (N-methyl/N-ethyl adjacent to an activating group) is 1. The molecule has 0 radical (unpaired) electrons. The molecule has 8 heteroatoms. The first-order valence-corrected chi connectivity index (χ1v) is 8.42. The lowest BCUT2D eigenvalue weighted by Gasteiger charge is -2.17. The number of halogens is 1. The number of carbonyl (C=O) groups is 1. The van der Waals surface area contributed by atoms with Crippen molar-refractivity contribution in [3.63, 3.8) is 0 Å². The van der Waals surface area contributed by atoms with Crippen molar-refractivity contribution in [1.82, 2.24) is 9.62 Å². The summed E-state index contributed by atoms with van der Waals surface area (Å²) in [6.07, 6.45) is -0.989. The summed E-state index contributed by atoms with van der Waals surface area (Å²) < 4.78 is 30.5. The number of hydrogen-bond acceptors (Lipinski definition) is 5. The first kappa shape index (κ1) is 17.7. The van der Waals surface area contributed by atoms with Crippen LogP contribution in [0.5, 0.6) is 0 Å². The molecule has 0 fully saturated rings. The standard InChI is InChI=1S/C13H19ClN2O4S/c1-3-16(4-2)9-10-20-13(17)15-21(18,19)12-7-5-11(14)6-8-12/h5-8H,3-4,9-10H2,1-2H3,(H,15,17). The summed E-state index contributed by atoms with van der Waals surface area (Å²) in [5, 5.41) is 0.413. The molecule has 6 nitrogen and oxygen atoms in total. The minimum Gasteiger partial charge on any atom is -0.447 e. The Balaban J connectivity index is 2.52. The second-order valence-corrected chi connectivity index (χ2v) is 6.34. The SMILES string of the molecule is CCN(CC)CCOC(=O)NS(=O)(=O)c1ccc(Cl)cc1. The van der Waals surface area contributed by atoms with Crippen LogP contribution in [0.4, 0.5) is 4.79 Å². The molecule has 1 aromatic carbocycles. The Kier molecular flexibility index (Phi) is 6.94. The van der Waals surface area contributed by atoms with Gasteiger partial charge in [0.15, 0.2) is 0 Å². The monoisotopic (exact) mass is 334 g/mol. The maximum absolute atomic E-state index is 11.9. The summed E-state index contributed by atoms with van der Waals surface area (Å²) in [6.45, 7) is 6.35. The van der Waals surface area contributed by atoms with Crippen LogP contribution in [0.25, 0.3) is 0 Å². The summed E-state index contributed by atoms with van der Waals surface area (Å²) in [5.74, 6) is 0. The quantitative estimate of drug-likeness (QED) is 0.826. The van der Waals surface area contributed by atoms with Crippen LogP contribution in [0.2, 0.25) is 5.02 Å². The van der Waals surface area contributed by atoms with Gasteiger partial charge in [0, 0.05) is 11.6 Å². The number of ether oxygens (including phenoxy) is 1. The molecule has 0 atom stereocenters. The highest BCUT2D eigenvalue weighted by Crippen LogP contribution is 2.13. The molecule has 1 N–H and O–H groups in total. The minimum atomic E-state index is -3.93. The Morgan fingerprint density at radius 3 is 2.33 bits per heavy atom. The van der Waals surface area contributed by atoms with Gasteiger partial charge in [-0.05, 0) is 37.4 Å². The van der Waals surface area contributed by atoms with E-state index in [1.54, 1.807) is 0 Å². The lowest BCUT2D eigenvalue weighted by molar-refractivity contribution is 0.135. The van der Waals surface area contributed by atoms with Crippen LogP contribution in [-0.2, 0) is 14.8 Å². The Hall–Kier alpha value is -1.31. The Morgan fingerprint density at radius 2 is 1.81 bits per heavy atom. The van der Waals surface area contributed by atoms with Crippen LogP contribution >= 0.6 is 11.6 Å². The predicted molar refractivity (Wildman–Crippen MR) is 80.9 cm³/mol. The third kappa shape index (κ3) is 5.91. The molecule has 1 amide bonds. The molecule has 0 aliphatic heterocycles. The third-order valence-electron chi connectivity index (χ3n) is 2.88. The van der Waals surface area contributed by atoms with Crippen LogP contribution in [0.3, 0.4) is 0 Å². The van der Waals surface area contributed by atoms with Crippen LogP contribution in [0, 0.1) is 0 Å². The van der Waals surface area contributed by atoms with Crippen molar-refractivity contribution >= 4 is 27.7 Å². The number of benzene rings is 1. The Bertz CT molecular complexity index is 556. The molecule has 0 aliphatic carbocycles. The van der Waals surface area contributed by atoms with E-state index in [1.807, 2.05) is 18.6 Å². The van der Waals surface area contributed by atoms with Crippen molar-refractivity contribution in [2.75, 3.05) is 26.2 Å². The van der Waals surface area contributed by atoms with E-state index < -0.39 is 16.1 Å². The van der Waals surface area contributed by atoms with Crippen molar-refractivity contribution in [1.29, 1.82) is 0 Å². The largest absolute Gasteiger partial charge is 0.447 e. The maximum Gasteiger partial charge on any atom is 0.421 e. The van der Waals surface area contributed by atoms with Crippen molar-refractivity contribution in [3.05, 3.63) is 29.3 Å². The molecule has 1 aromatic rings. The first-order valence-electron chi connectivity index (χ1n) is 6.56. The molecule has 118 valence electrons. The van der Waals surface area contributed by atoms with Gasteiger partial charge in [-0.3, -0.25) is 0 Å². The Labute approximate surface area is 130 Å². The number of rotatable bonds is 7. The van der Waals surface area contributed by atoms with Crippen LogP contribution in [0.15, 0.2) is 29.2 Å². The summed E-state index contributed by atoms with van der Waals surface area (Å²) in [4.78, 5) is 13.5. The normalized spacial score (nSPS) is 11.4. The molecular weight excluding hydrogens is 316 g/mol. The number of nitrogens with zero attached hydrogens (tertiary/aromatic N) is 1. The van der Waals surface area contributed by atoms with E-state index in [0.29, 0.717) is 11.6 Å². The molecule has 0 aromatic heterocycles. The van der Waals surface area contributed by atoms with E-state index in [4.69, 9.17) is 16.3 Å². The molecule has 1 rings (SSSR count). The zero-order valence-corrected chi connectivity index (χ0v) is 13.6. The van der Waals surface area contributed by atoms with Gasteiger partial charge >= 0.3 is 6.09 Å². The molecule has 0 spiro atoms. The van der Waals surface area contributed by atoms with Crippen LogP contribution in [0.1, 0.15) is 13.8 Å². The average Bonchev–Trinajstić information content (AvgIpc) is 2.43. The second kappa shape index (κ2) is 8.21. The van der Waals surface area contributed by atoms with Crippen molar-refractivity contribution in [2.24, 2.45) is 0 Å². The molecule has 0 heterocycles. The first-order chi connectivity index (χ1) is 9.89. The van der Waals surface area contributed by atoms with Gasteiger partial charge in [0.1, 0.15) is 6.61 Å². The highest BCUT2D eigenvalue weighted by molar-refractivity contribution is 7.90. The highest BCUT2D eigenvalue weighted by Gasteiger charge is 2.18. The second-order valence-electron chi connectivity index (χ2n) is 4.22. The van der Waals surface area contributed by atoms with Crippen molar-refractivity contribution in [2.45, 2.75) is 18.7 Å². The number of amides is 1. The lowest BCUT2D eigenvalue weighted by Crippen LogP contribution is -2.34. The minimum absolute atomic E-state index is 0.0485. The molecule has 0 saturated carbocycles. The van der Waals surface area contributed by atoms with Crippen molar-refractivity contribution in [3.8, 4) is 0 Å². The van der Waals surface area contributed by atoms with E-state index in [2.05, 4.69) is 4.90 Å². The van der Waals surface area contributed by atoms with E-state index in [0.717, 1.165) is 13.1 Å². The summed E-state index contributed by atoms with van der Waals surface area (Å²) >= 11 is 5.68. The number of nitrogens with one attached hydrogen (secondary N) is 1. The smallest absolute Gasteiger partial charge is 0.421 e.